The molecule has 0 heterocycles. The quantitative estimate of drug-likeness (QED) is 0.334. The van der Waals surface area contributed by atoms with Crippen LogP contribution in [0.15, 0.2) is 66.7 Å². The third-order valence-corrected chi connectivity index (χ3v) is 5.12. The molecule has 3 rings (SSSR count). The van der Waals surface area contributed by atoms with E-state index in [1.807, 2.05) is 74.5 Å². The van der Waals surface area contributed by atoms with Crippen molar-refractivity contribution in [1.82, 2.24) is 0 Å². The van der Waals surface area contributed by atoms with Crippen molar-refractivity contribution in [2.24, 2.45) is 0 Å². The van der Waals surface area contributed by atoms with Crippen LogP contribution in [0.5, 0.6) is 11.5 Å². The second-order valence-electron chi connectivity index (χ2n) is 6.79. The first kappa shape index (κ1) is 20.7. The van der Waals surface area contributed by atoms with Gasteiger partial charge in [0.25, 0.3) is 0 Å². The Morgan fingerprint density at radius 3 is 2.48 bits per heavy atom. The van der Waals surface area contributed by atoms with Gasteiger partial charge < -0.3 is 9.47 Å². The van der Waals surface area contributed by atoms with E-state index >= 15 is 0 Å². The zero-order valence-electron chi connectivity index (χ0n) is 16.7. The van der Waals surface area contributed by atoms with Gasteiger partial charge in [-0.15, -0.1) is 0 Å². The van der Waals surface area contributed by atoms with Gasteiger partial charge in [0.05, 0.1) is 7.11 Å². The Morgan fingerprint density at radius 1 is 0.966 bits per heavy atom. The van der Waals surface area contributed by atoms with Crippen LogP contribution in [-0.4, -0.2) is 12.9 Å². The second kappa shape index (κ2) is 9.44. The Bertz CT molecular complexity index is 1050. The van der Waals surface area contributed by atoms with E-state index in [0.29, 0.717) is 28.7 Å². The van der Waals surface area contributed by atoms with E-state index in [4.69, 9.17) is 21.1 Å². The standard InChI is InChI=1S/C25H23ClO3/c1-17-8-11-20(14-18(17)2)23(27)12-9-19-10-13-24(25(15-19)28-3)29-16-21-6-4-5-7-22(21)26/h4-15H,16H2,1-3H3/b12-9+. The SMILES string of the molecule is COc1cc(/C=C/C(=O)c2ccc(C)c(C)c2)ccc1OCc1ccccc1Cl. The van der Waals surface area contributed by atoms with Crippen LogP contribution in [0.1, 0.15) is 32.6 Å². The summed E-state index contributed by atoms with van der Waals surface area (Å²) in [6.07, 6.45) is 3.35. The summed E-state index contributed by atoms with van der Waals surface area (Å²) >= 11 is 6.18. The van der Waals surface area contributed by atoms with Crippen LogP contribution in [0, 0.1) is 13.8 Å². The van der Waals surface area contributed by atoms with E-state index < -0.39 is 0 Å². The lowest BCUT2D eigenvalue weighted by Crippen LogP contribution is -1.99. The molecule has 3 aromatic carbocycles. The number of halogens is 1. The van der Waals surface area contributed by atoms with Gasteiger partial charge in [-0.05, 0) is 60.9 Å². The molecule has 0 saturated heterocycles. The average Bonchev–Trinajstić information content (AvgIpc) is 2.73. The number of rotatable bonds is 7. The fraction of sp³-hybridized carbons (Fsp3) is 0.160. The first-order valence-corrected chi connectivity index (χ1v) is 9.69. The molecule has 3 aromatic rings. The lowest BCUT2D eigenvalue weighted by Gasteiger charge is -2.12. The third-order valence-electron chi connectivity index (χ3n) is 4.75. The maximum Gasteiger partial charge on any atom is 0.185 e. The normalized spacial score (nSPS) is 10.9. The van der Waals surface area contributed by atoms with Gasteiger partial charge in [0, 0.05) is 16.1 Å². The number of benzene rings is 3. The van der Waals surface area contributed by atoms with Gasteiger partial charge in [-0.2, -0.15) is 0 Å². The molecule has 0 atom stereocenters. The Hall–Kier alpha value is -3.04. The molecule has 0 spiro atoms. The molecule has 0 N–H and O–H groups in total. The number of hydrogen-bond acceptors (Lipinski definition) is 3. The van der Waals surface area contributed by atoms with E-state index in [0.717, 1.165) is 16.7 Å². The number of hydrogen-bond donors (Lipinski definition) is 0. The molecule has 0 fully saturated rings. The predicted molar refractivity (Wildman–Crippen MR) is 118 cm³/mol. The van der Waals surface area contributed by atoms with Crippen LogP contribution >= 0.6 is 11.6 Å². The monoisotopic (exact) mass is 406 g/mol. The minimum Gasteiger partial charge on any atom is -0.493 e. The summed E-state index contributed by atoms with van der Waals surface area (Å²) in [5.41, 5.74) is 4.70. The van der Waals surface area contributed by atoms with Gasteiger partial charge >= 0.3 is 0 Å². The molecule has 3 nitrogen and oxygen atoms in total. The highest BCUT2D eigenvalue weighted by Crippen LogP contribution is 2.30. The van der Waals surface area contributed by atoms with E-state index in [-0.39, 0.29) is 5.78 Å². The van der Waals surface area contributed by atoms with Crippen molar-refractivity contribution in [3.63, 3.8) is 0 Å². The number of aryl methyl sites for hydroxylation is 2. The second-order valence-corrected chi connectivity index (χ2v) is 7.19. The molecule has 0 aliphatic carbocycles. The van der Waals surface area contributed by atoms with Gasteiger partial charge in [0.1, 0.15) is 6.61 Å². The molecule has 0 aliphatic rings. The van der Waals surface area contributed by atoms with Crippen LogP contribution in [0.2, 0.25) is 5.02 Å². The van der Waals surface area contributed by atoms with Crippen molar-refractivity contribution in [3.8, 4) is 11.5 Å². The predicted octanol–water partition coefficient (Wildman–Crippen LogP) is 6.44. The maximum atomic E-state index is 12.4. The fourth-order valence-corrected chi connectivity index (χ4v) is 3.03. The topological polar surface area (TPSA) is 35.5 Å². The fourth-order valence-electron chi connectivity index (χ4n) is 2.84. The molecule has 0 aromatic heterocycles. The van der Waals surface area contributed by atoms with E-state index in [1.165, 1.54) is 5.56 Å². The molecule has 0 amide bonds. The zero-order valence-corrected chi connectivity index (χ0v) is 17.5. The molecule has 0 bridgehead atoms. The van der Waals surface area contributed by atoms with Crippen molar-refractivity contribution in [2.75, 3.05) is 7.11 Å². The minimum atomic E-state index is -0.0360. The van der Waals surface area contributed by atoms with Gasteiger partial charge in [-0.1, -0.05) is 54.1 Å². The summed E-state index contributed by atoms with van der Waals surface area (Å²) < 4.78 is 11.3. The van der Waals surface area contributed by atoms with Crippen molar-refractivity contribution < 1.29 is 14.3 Å². The molecule has 29 heavy (non-hydrogen) atoms. The van der Waals surface area contributed by atoms with Gasteiger partial charge in [0.2, 0.25) is 0 Å². The molecule has 0 radical (unpaired) electrons. The van der Waals surface area contributed by atoms with Crippen LogP contribution < -0.4 is 9.47 Å². The number of ketones is 1. The summed E-state index contributed by atoms with van der Waals surface area (Å²) in [4.78, 5) is 12.4. The highest BCUT2D eigenvalue weighted by molar-refractivity contribution is 6.31. The van der Waals surface area contributed by atoms with E-state index in [1.54, 1.807) is 19.3 Å². The van der Waals surface area contributed by atoms with E-state index in [9.17, 15) is 4.79 Å². The first-order chi connectivity index (χ1) is 14.0. The molecule has 0 unspecified atom stereocenters. The zero-order chi connectivity index (χ0) is 20.8. The Balaban J connectivity index is 1.72. The Morgan fingerprint density at radius 2 is 1.76 bits per heavy atom. The summed E-state index contributed by atoms with van der Waals surface area (Å²) in [6, 6.07) is 18.8. The van der Waals surface area contributed by atoms with Crippen molar-refractivity contribution in [3.05, 3.63) is 99.6 Å². The van der Waals surface area contributed by atoms with Crippen molar-refractivity contribution in [1.29, 1.82) is 0 Å². The molecule has 0 aliphatic heterocycles. The van der Waals surface area contributed by atoms with Crippen molar-refractivity contribution >= 4 is 23.5 Å². The largest absolute Gasteiger partial charge is 0.493 e. The summed E-state index contributed by atoms with van der Waals surface area (Å²) in [5.74, 6) is 1.18. The molecule has 4 heteroatoms. The summed E-state index contributed by atoms with van der Waals surface area (Å²) in [6.45, 7) is 4.37. The average molecular weight is 407 g/mol. The lowest BCUT2D eigenvalue weighted by atomic mass is 10.0. The Kier molecular flexibility index (Phi) is 6.73. The smallest absolute Gasteiger partial charge is 0.185 e. The van der Waals surface area contributed by atoms with Crippen LogP contribution in [0.4, 0.5) is 0 Å². The number of allylic oxidation sites excluding steroid dienone is 1. The molecular weight excluding hydrogens is 384 g/mol. The highest BCUT2D eigenvalue weighted by Gasteiger charge is 2.08. The molecular formula is C25H23ClO3. The summed E-state index contributed by atoms with van der Waals surface area (Å²) in [7, 11) is 1.59. The van der Waals surface area contributed by atoms with Crippen molar-refractivity contribution in [2.45, 2.75) is 20.5 Å². The highest BCUT2D eigenvalue weighted by atomic mass is 35.5. The van der Waals surface area contributed by atoms with E-state index in [2.05, 4.69) is 0 Å². The lowest BCUT2D eigenvalue weighted by molar-refractivity contribution is 0.104. The Labute approximate surface area is 176 Å². The third kappa shape index (κ3) is 5.27. The molecule has 148 valence electrons. The van der Waals surface area contributed by atoms with Crippen LogP contribution in [0.25, 0.3) is 6.08 Å². The summed E-state index contributed by atoms with van der Waals surface area (Å²) in [5, 5.41) is 0.663. The number of ether oxygens (including phenoxy) is 2. The maximum absolute atomic E-state index is 12.4. The van der Waals surface area contributed by atoms with Crippen LogP contribution in [0.3, 0.4) is 0 Å². The van der Waals surface area contributed by atoms with Crippen LogP contribution in [-0.2, 0) is 6.61 Å². The number of carbonyl (C=O) groups is 1. The first-order valence-electron chi connectivity index (χ1n) is 9.32. The van der Waals surface area contributed by atoms with Gasteiger partial charge in [-0.25, -0.2) is 0 Å². The minimum absolute atomic E-state index is 0.0360. The number of carbonyl (C=O) groups excluding carboxylic acids is 1. The molecule has 0 saturated carbocycles. The number of methoxy groups -OCH3 is 1. The van der Waals surface area contributed by atoms with Gasteiger partial charge in [-0.3, -0.25) is 4.79 Å². The van der Waals surface area contributed by atoms with Gasteiger partial charge in [0.15, 0.2) is 17.3 Å².